The number of benzene rings is 1. The van der Waals surface area contributed by atoms with Gasteiger partial charge in [-0.1, -0.05) is 17.3 Å². The lowest BCUT2D eigenvalue weighted by molar-refractivity contribution is 0.109. The Hall–Kier alpha value is -2.61. The molecular weight excluding hydrogens is 336 g/mol. The highest BCUT2D eigenvalue weighted by Crippen LogP contribution is 2.32. The van der Waals surface area contributed by atoms with Gasteiger partial charge in [-0.3, -0.25) is 0 Å². The summed E-state index contributed by atoms with van der Waals surface area (Å²) in [5.74, 6) is 1.60. The third-order valence-corrected chi connectivity index (χ3v) is 4.15. The predicted octanol–water partition coefficient (Wildman–Crippen LogP) is 3.37. The van der Waals surface area contributed by atoms with Gasteiger partial charge in [0.15, 0.2) is 5.82 Å². The SMILES string of the molecule is CCOCc1nc(C2CCCN2C(=O)Nc2ccccc2OCC)no1. The van der Waals surface area contributed by atoms with Gasteiger partial charge in [0.05, 0.1) is 18.3 Å². The zero-order valence-electron chi connectivity index (χ0n) is 15.1. The molecule has 26 heavy (non-hydrogen) atoms. The van der Waals surface area contributed by atoms with Gasteiger partial charge in [0, 0.05) is 13.2 Å². The highest BCUT2D eigenvalue weighted by molar-refractivity contribution is 5.91. The van der Waals surface area contributed by atoms with E-state index >= 15 is 0 Å². The van der Waals surface area contributed by atoms with E-state index in [0.717, 1.165) is 12.8 Å². The van der Waals surface area contributed by atoms with Crippen molar-refractivity contribution < 1.29 is 18.8 Å². The minimum atomic E-state index is -0.201. The molecule has 2 amide bonds. The number of carbonyl (C=O) groups excluding carboxylic acids is 1. The normalized spacial score (nSPS) is 16.7. The van der Waals surface area contributed by atoms with Gasteiger partial charge in [0.25, 0.3) is 5.89 Å². The predicted molar refractivity (Wildman–Crippen MR) is 94.9 cm³/mol. The summed E-state index contributed by atoms with van der Waals surface area (Å²) in [6, 6.07) is 6.99. The number of ether oxygens (including phenoxy) is 2. The second kappa shape index (κ2) is 8.66. The second-order valence-electron chi connectivity index (χ2n) is 5.89. The van der Waals surface area contributed by atoms with Gasteiger partial charge in [-0.15, -0.1) is 0 Å². The molecule has 1 aromatic heterocycles. The minimum absolute atomic E-state index is 0.198. The van der Waals surface area contributed by atoms with Crippen LogP contribution in [0.2, 0.25) is 0 Å². The van der Waals surface area contributed by atoms with Gasteiger partial charge in [-0.25, -0.2) is 4.79 Å². The molecule has 1 atom stereocenters. The number of hydrogen-bond donors (Lipinski definition) is 1. The molecule has 1 unspecified atom stereocenters. The molecule has 1 aliphatic heterocycles. The quantitative estimate of drug-likeness (QED) is 0.814. The van der Waals surface area contributed by atoms with Crippen molar-refractivity contribution >= 4 is 11.7 Å². The lowest BCUT2D eigenvalue weighted by Crippen LogP contribution is -2.35. The van der Waals surface area contributed by atoms with Crippen LogP contribution in [0.15, 0.2) is 28.8 Å². The summed E-state index contributed by atoms with van der Waals surface area (Å²) in [5.41, 5.74) is 0.648. The molecule has 0 aliphatic carbocycles. The highest BCUT2D eigenvalue weighted by atomic mass is 16.5. The number of hydrogen-bond acceptors (Lipinski definition) is 6. The summed E-state index contributed by atoms with van der Waals surface area (Å²) in [6.07, 6.45) is 1.69. The van der Waals surface area contributed by atoms with Gasteiger partial charge < -0.3 is 24.2 Å². The first-order valence-corrected chi connectivity index (χ1v) is 8.92. The molecule has 8 heteroatoms. The maximum Gasteiger partial charge on any atom is 0.322 e. The molecule has 0 bridgehead atoms. The Balaban J connectivity index is 1.70. The van der Waals surface area contributed by atoms with E-state index in [1.165, 1.54) is 0 Å². The van der Waals surface area contributed by atoms with E-state index in [9.17, 15) is 4.79 Å². The molecule has 140 valence electrons. The largest absolute Gasteiger partial charge is 0.492 e. The summed E-state index contributed by atoms with van der Waals surface area (Å²) < 4.78 is 16.1. The van der Waals surface area contributed by atoms with Gasteiger partial charge >= 0.3 is 6.03 Å². The fourth-order valence-corrected chi connectivity index (χ4v) is 2.97. The summed E-state index contributed by atoms with van der Waals surface area (Å²) in [5, 5.41) is 6.95. The van der Waals surface area contributed by atoms with Crippen molar-refractivity contribution in [2.24, 2.45) is 0 Å². The van der Waals surface area contributed by atoms with Crippen LogP contribution in [0, 0.1) is 0 Å². The van der Waals surface area contributed by atoms with E-state index in [0.29, 0.717) is 42.9 Å². The van der Waals surface area contributed by atoms with E-state index < -0.39 is 0 Å². The maximum atomic E-state index is 12.8. The van der Waals surface area contributed by atoms with E-state index in [-0.39, 0.29) is 18.7 Å². The Morgan fingerprint density at radius 2 is 2.19 bits per heavy atom. The Morgan fingerprint density at radius 3 is 3.00 bits per heavy atom. The molecule has 1 aliphatic rings. The number of amides is 2. The Labute approximate surface area is 152 Å². The molecule has 8 nitrogen and oxygen atoms in total. The molecule has 3 rings (SSSR count). The number of urea groups is 1. The first-order valence-electron chi connectivity index (χ1n) is 8.92. The zero-order chi connectivity index (χ0) is 18.4. The van der Waals surface area contributed by atoms with E-state index in [2.05, 4.69) is 15.5 Å². The second-order valence-corrected chi connectivity index (χ2v) is 5.89. The monoisotopic (exact) mass is 360 g/mol. The fourth-order valence-electron chi connectivity index (χ4n) is 2.97. The first-order chi connectivity index (χ1) is 12.7. The van der Waals surface area contributed by atoms with Gasteiger partial charge in [0.1, 0.15) is 12.4 Å². The summed E-state index contributed by atoms with van der Waals surface area (Å²) in [6.45, 7) is 5.85. The number of nitrogens with one attached hydrogen (secondary N) is 1. The smallest absolute Gasteiger partial charge is 0.322 e. The lowest BCUT2D eigenvalue weighted by Gasteiger charge is -2.23. The maximum absolute atomic E-state index is 12.8. The Bertz CT molecular complexity index is 733. The van der Waals surface area contributed by atoms with Gasteiger partial charge in [-0.2, -0.15) is 4.98 Å². The third-order valence-electron chi connectivity index (χ3n) is 4.15. The third kappa shape index (κ3) is 4.13. The molecule has 0 radical (unpaired) electrons. The summed E-state index contributed by atoms with van der Waals surface area (Å²) in [4.78, 5) is 18.9. The Morgan fingerprint density at radius 1 is 1.35 bits per heavy atom. The van der Waals surface area contributed by atoms with Crippen LogP contribution in [0.3, 0.4) is 0 Å². The van der Waals surface area contributed by atoms with Crippen molar-refractivity contribution in [2.75, 3.05) is 25.1 Å². The van der Waals surface area contributed by atoms with Crippen molar-refractivity contribution in [3.05, 3.63) is 36.0 Å². The van der Waals surface area contributed by atoms with Gasteiger partial charge in [0.2, 0.25) is 0 Å². The van der Waals surface area contributed by atoms with Crippen molar-refractivity contribution in [2.45, 2.75) is 39.3 Å². The number of para-hydroxylation sites is 2. The summed E-state index contributed by atoms with van der Waals surface area (Å²) in [7, 11) is 0. The number of rotatable bonds is 7. The molecule has 1 saturated heterocycles. The van der Waals surface area contributed by atoms with Crippen LogP contribution in [0.4, 0.5) is 10.5 Å². The Kier molecular flexibility index (Phi) is 6.06. The number of likely N-dealkylation sites (tertiary alicyclic amines) is 1. The van der Waals surface area contributed by atoms with Crippen molar-refractivity contribution in [3.63, 3.8) is 0 Å². The van der Waals surface area contributed by atoms with E-state index in [4.69, 9.17) is 14.0 Å². The van der Waals surface area contributed by atoms with Crippen LogP contribution in [-0.4, -0.2) is 40.8 Å². The molecule has 1 fully saturated rings. The van der Waals surface area contributed by atoms with Crippen LogP contribution >= 0.6 is 0 Å². The van der Waals surface area contributed by atoms with Crippen molar-refractivity contribution in [1.29, 1.82) is 0 Å². The van der Waals surface area contributed by atoms with Crippen molar-refractivity contribution in [1.82, 2.24) is 15.0 Å². The van der Waals surface area contributed by atoms with Crippen LogP contribution < -0.4 is 10.1 Å². The molecule has 0 spiro atoms. The first kappa shape index (κ1) is 18.2. The standard InChI is InChI=1S/C18H24N4O4/c1-3-24-12-16-20-17(21-26-16)14-9-7-11-22(14)18(23)19-13-8-5-6-10-15(13)25-4-2/h5-6,8,10,14H,3-4,7,9,11-12H2,1-2H3,(H,19,23). The summed E-state index contributed by atoms with van der Waals surface area (Å²) >= 11 is 0. The average Bonchev–Trinajstić information content (AvgIpc) is 3.31. The molecule has 2 aromatic rings. The van der Waals surface area contributed by atoms with Crippen molar-refractivity contribution in [3.8, 4) is 5.75 Å². The lowest BCUT2D eigenvalue weighted by atomic mass is 10.2. The van der Waals surface area contributed by atoms with E-state index in [1.807, 2.05) is 38.1 Å². The number of carbonyl (C=O) groups is 1. The highest BCUT2D eigenvalue weighted by Gasteiger charge is 2.33. The average molecular weight is 360 g/mol. The minimum Gasteiger partial charge on any atom is -0.492 e. The number of nitrogens with zero attached hydrogens (tertiary/aromatic N) is 3. The molecule has 2 heterocycles. The topological polar surface area (TPSA) is 89.7 Å². The molecular formula is C18H24N4O4. The molecule has 0 saturated carbocycles. The van der Waals surface area contributed by atoms with Crippen LogP contribution in [0.5, 0.6) is 5.75 Å². The molecule has 1 N–H and O–H groups in total. The fraction of sp³-hybridized carbons (Fsp3) is 0.500. The number of aromatic nitrogens is 2. The van der Waals surface area contributed by atoms with Crippen LogP contribution in [0.25, 0.3) is 0 Å². The van der Waals surface area contributed by atoms with Gasteiger partial charge in [-0.05, 0) is 38.8 Å². The van der Waals surface area contributed by atoms with E-state index in [1.54, 1.807) is 4.90 Å². The van der Waals surface area contributed by atoms with Crippen LogP contribution in [-0.2, 0) is 11.3 Å². The number of anilines is 1. The molecule has 1 aromatic carbocycles. The van der Waals surface area contributed by atoms with Crippen LogP contribution in [0.1, 0.15) is 44.4 Å². The zero-order valence-corrected chi connectivity index (χ0v) is 15.1.